The predicted octanol–water partition coefficient (Wildman–Crippen LogP) is 1.52. The Labute approximate surface area is 84.3 Å². The highest BCUT2D eigenvalue weighted by Gasteiger charge is 2.25. The third-order valence-corrected chi connectivity index (χ3v) is 2.65. The number of nitrogens with one attached hydrogen (secondary N) is 1. The minimum absolute atomic E-state index is 0.0728. The fourth-order valence-corrected chi connectivity index (χ4v) is 1.77. The predicted molar refractivity (Wildman–Crippen MR) is 57.7 cm³/mol. The van der Waals surface area contributed by atoms with Crippen molar-refractivity contribution in [1.82, 2.24) is 0 Å². The van der Waals surface area contributed by atoms with Gasteiger partial charge in [-0.15, -0.1) is 0 Å². The Kier molecular flexibility index (Phi) is 2.33. The number of benzene rings is 1. The van der Waals surface area contributed by atoms with E-state index in [1.165, 1.54) is 0 Å². The Balaban J connectivity index is 2.36. The van der Waals surface area contributed by atoms with Crippen molar-refractivity contribution < 1.29 is 4.74 Å². The average molecular weight is 192 g/mol. The van der Waals surface area contributed by atoms with Gasteiger partial charge in [-0.2, -0.15) is 0 Å². The van der Waals surface area contributed by atoms with E-state index in [-0.39, 0.29) is 12.1 Å². The summed E-state index contributed by atoms with van der Waals surface area (Å²) < 4.78 is 5.84. The Bertz CT molecular complexity index is 338. The molecule has 0 saturated heterocycles. The topological polar surface area (TPSA) is 47.3 Å². The van der Waals surface area contributed by atoms with E-state index in [2.05, 4.69) is 12.2 Å². The molecule has 0 spiro atoms. The van der Waals surface area contributed by atoms with Gasteiger partial charge in [-0.3, -0.25) is 0 Å². The highest BCUT2D eigenvalue weighted by Crippen LogP contribution is 2.33. The summed E-state index contributed by atoms with van der Waals surface area (Å²) in [5.74, 6) is 0.945. The fourth-order valence-electron chi connectivity index (χ4n) is 1.77. The van der Waals surface area contributed by atoms with Gasteiger partial charge < -0.3 is 15.8 Å². The van der Waals surface area contributed by atoms with Crippen LogP contribution in [0.1, 0.15) is 12.5 Å². The molecule has 0 bridgehead atoms. The van der Waals surface area contributed by atoms with Gasteiger partial charge in [-0.1, -0.05) is 12.1 Å². The van der Waals surface area contributed by atoms with E-state index in [0.29, 0.717) is 6.54 Å². The van der Waals surface area contributed by atoms with Crippen molar-refractivity contribution >= 4 is 5.69 Å². The summed E-state index contributed by atoms with van der Waals surface area (Å²) in [5.41, 5.74) is 7.86. The summed E-state index contributed by atoms with van der Waals surface area (Å²) in [7, 11) is 0. The summed E-state index contributed by atoms with van der Waals surface area (Å²) in [6, 6.07) is 6.38. The third kappa shape index (κ3) is 1.44. The second kappa shape index (κ2) is 3.50. The lowest BCUT2D eigenvalue weighted by atomic mass is 10.1. The number of fused-ring (bicyclic) bond motifs is 1. The van der Waals surface area contributed by atoms with Crippen molar-refractivity contribution in [3.8, 4) is 5.75 Å². The standard InChI is InChI=1S/C11H16N2O/c1-7-4-3-5-9-11(7)14-10(6-12)8(2)13-9/h3-5,8,10,13H,6,12H2,1-2H3. The Morgan fingerprint density at radius 3 is 3.00 bits per heavy atom. The summed E-state index contributed by atoms with van der Waals surface area (Å²) in [6.07, 6.45) is 0.0728. The van der Waals surface area contributed by atoms with Gasteiger partial charge >= 0.3 is 0 Å². The first kappa shape index (κ1) is 9.34. The number of para-hydroxylation sites is 1. The largest absolute Gasteiger partial charge is 0.485 e. The van der Waals surface area contributed by atoms with Gasteiger partial charge in [0.15, 0.2) is 0 Å². The molecule has 2 rings (SSSR count). The van der Waals surface area contributed by atoms with E-state index in [4.69, 9.17) is 10.5 Å². The Morgan fingerprint density at radius 2 is 2.29 bits per heavy atom. The van der Waals surface area contributed by atoms with E-state index >= 15 is 0 Å². The van der Waals surface area contributed by atoms with Crippen LogP contribution in [0.4, 0.5) is 5.69 Å². The quantitative estimate of drug-likeness (QED) is 0.709. The van der Waals surface area contributed by atoms with Crippen LogP contribution in [0.3, 0.4) is 0 Å². The molecule has 3 heteroatoms. The molecule has 1 aliphatic heterocycles. The lowest BCUT2D eigenvalue weighted by Crippen LogP contribution is -2.44. The highest BCUT2D eigenvalue weighted by molar-refractivity contribution is 5.62. The van der Waals surface area contributed by atoms with Crippen LogP contribution in [-0.2, 0) is 0 Å². The van der Waals surface area contributed by atoms with Crippen LogP contribution >= 0.6 is 0 Å². The van der Waals surface area contributed by atoms with Crippen LogP contribution in [0.25, 0.3) is 0 Å². The van der Waals surface area contributed by atoms with E-state index in [1.54, 1.807) is 0 Å². The Morgan fingerprint density at radius 1 is 1.50 bits per heavy atom. The molecule has 14 heavy (non-hydrogen) atoms. The van der Waals surface area contributed by atoms with Crippen molar-refractivity contribution in [3.63, 3.8) is 0 Å². The second-order valence-electron chi connectivity index (χ2n) is 3.78. The lowest BCUT2D eigenvalue weighted by molar-refractivity contribution is 0.181. The monoisotopic (exact) mass is 192 g/mol. The molecule has 0 amide bonds. The number of hydrogen-bond acceptors (Lipinski definition) is 3. The molecule has 1 aromatic carbocycles. The number of nitrogens with two attached hydrogens (primary N) is 1. The van der Waals surface area contributed by atoms with Gasteiger partial charge in [0.1, 0.15) is 11.9 Å². The van der Waals surface area contributed by atoms with Gasteiger partial charge in [0, 0.05) is 6.54 Å². The van der Waals surface area contributed by atoms with Crippen molar-refractivity contribution in [2.75, 3.05) is 11.9 Å². The van der Waals surface area contributed by atoms with Gasteiger partial charge in [0.25, 0.3) is 0 Å². The fraction of sp³-hybridized carbons (Fsp3) is 0.455. The zero-order valence-corrected chi connectivity index (χ0v) is 8.58. The molecule has 3 N–H and O–H groups in total. The minimum atomic E-state index is 0.0728. The maximum atomic E-state index is 5.84. The van der Waals surface area contributed by atoms with Crippen LogP contribution in [0.15, 0.2) is 18.2 Å². The van der Waals surface area contributed by atoms with Crippen LogP contribution in [0.5, 0.6) is 5.75 Å². The van der Waals surface area contributed by atoms with E-state index < -0.39 is 0 Å². The van der Waals surface area contributed by atoms with Crippen LogP contribution in [-0.4, -0.2) is 18.7 Å². The second-order valence-corrected chi connectivity index (χ2v) is 3.78. The van der Waals surface area contributed by atoms with E-state index in [9.17, 15) is 0 Å². The normalized spacial score (nSPS) is 24.8. The number of hydrogen-bond donors (Lipinski definition) is 2. The third-order valence-electron chi connectivity index (χ3n) is 2.65. The molecule has 0 radical (unpaired) electrons. The SMILES string of the molecule is Cc1cccc2c1OC(CN)C(C)N2. The smallest absolute Gasteiger partial charge is 0.145 e. The molecule has 1 aliphatic rings. The molecular formula is C11H16N2O. The number of ether oxygens (including phenoxy) is 1. The molecule has 1 heterocycles. The van der Waals surface area contributed by atoms with Gasteiger partial charge in [-0.25, -0.2) is 0 Å². The molecule has 1 aromatic rings. The summed E-state index contributed by atoms with van der Waals surface area (Å²) in [4.78, 5) is 0. The van der Waals surface area contributed by atoms with E-state index in [1.807, 2.05) is 25.1 Å². The molecule has 0 aliphatic carbocycles. The van der Waals surface area contributed by atoms with Crippen molar-refractivity contribution in [3.05, 3.63) is 23.8 Å². The van der Waals surface area contributed by atoms with Gasteiger partial charge in [0.05, 0.1) is 11.7 Å². The lowest BCUT2D eigenvalue weighted by Gasteiger charge is -2.33. The summed E-state index contributed by atoms with van der Waals surface area (Å²) >= 11 is 0. The van der Waals surface area contributed by atoms with Crippen molar-refractivity contribution in [2.24, 2.45) is 5.73 Å². The van der Waals surface area contributed by atoms with Crippen LogP contribution in [0, 0.1) is 6.92 Å². The molecule has 0 fully saturated rings. The molecule has 0 aromatic heterocycles. The number of anilines is 1. The van der Waals surface area contributed by atoms with Crippen molar-refractivity contribution in [1.29, 1.82) is 0 Å². The number of aryl methyl sites for hydroxylation is 1. The summed E-state index contributed by atoms with van der Waals surface area (Å²) in [6.45, 7) is 4.68. The first-order valence-electron chi connectivity index (χ1n) is 4.95. The molecule has 76 valence electrons. The minimum Gasteiger partial charge on any atom is -0.485 e. The summed E-state index contributed by atoms with van der Waals surface area (Å²) in [5, 5.41) is 3.40. The maximum Gasteiger partial charge on any atom is 0.145 e. The zero-order valence-electron chi connectivity index (χ0n) is 8.58. The number of rotatable bonds is 1. The van der Waals surface area contributed by atoms with Gasteiger partial charge in [-0.05, 0) is 25.5 Å². The zero-order chi connectivity index (χ0) is 10.1. The van der Waals surface area contributed by atoms with Gasteiger partial charge in [0.2, 0.25) is 0 Å². The molecule has 2 atom stereocenters. The molecule has 3 nitrogen and oxygen atoms in total. The first-order valence-corrected chi connectivity index (χ1v) is 4.95. The highest BCUT2D eigenvalue weighted by atomic mass is 16.5. The van der Waals surface area contributed by atoms with E-state index in [0.717, 1.165) is 17.0 Å². The maximum absolute atomic E-state index is 5.84. The molecular weight excluding hydrogens is 176 g/mol. The van der Waals surface area contributed by atoms with Crippen molar-refractivity contribution in [2.45, 2.75) is 26.0 Å². The first-order chi connectivity index (χ1) is 6.72. The Hall–Kier alpha value is -1.22. The van der Waals surface area contributed by atoms with Crippen LogP contribution < -0.4 is 15.8 Å². The molecule has 2 unspecified atom stereocenters. The average Bonchev–Trinajstić information content (AvgIpc) is 2.17. The van der Waals surface area contributed by atoms with Crippen LogP contribution in [0.2, 0.25) is 0 Å². The molecule has 0 saturated carbocycles.